The van der Waals surface area contributed by atoms with Gasteiger partial charge in [0.05, 0.1) is 5.54 Å². The molecule has 0 radical (unpaired) electrons. The van der Waals surface area contributed by atoms with E-state index in [1.165, 1.54) is 35.7 Å². The topological polar surface area (TPSA) is 74.8 Å². The third-order valence-corrected chi connectivity index (χ3v) is 6.33. The number of alkyl halides is 3. The van der Waals surface area contributed by atoms with Crippen molar-refractivity contribution in [2.24, 2.45) is 4.99 Å². The molecular formula is C16H9F4N5S2. The Morgan fingerprint density at radius 2 is 2.04 bits per heavy atom. The van der Waals surface area contributed by atoms with E-state index in [0.29, 0.717) is 15.0 Å². The van der Waals surface area contributed by atoms with Crippen LogP contribution < -0.4 is 0 Å². The van der Waals surface area contributed by atoms with Gasteiger partial charge in [-0.1, -0.05) is 17.8 Å². The highest BCUT2D eigenvalue weighted by Crippen LogP contribution is 2.56. The van der Waals surface area contributed by atoms with Crippen LogP contribution in [0.3, 0.4) is 0 Å². The Hall–Kier alpha value is -2.19. The predicted molar refractivity (Wildman–Crippen MR) is 91.4 cm³/mol. The Morgan fingerprint density at radius 3 is 2.70 bits per heavy atom. The fraction of sp³-hybridized carbons (Fsp3) is 0.312. The molecule has 3 heterocycles. The third kappa shape index (κ3) is 3.51. The lowest BCUT2D eigenvalue weighted by Gasteiger charge is -2.21. The summed E-state index contributed by atoms with van der Waals surface area (Å²) in [6, 6.07) is 5.17. The van der Waals surface area contributed by atoms with E-state index in [1.807, 2.05) is 0 Å². The van der Waals surface area contributed by atoms with Gasteiger partial charge >= 0.3 is 6.18 Å². The Bertz CT molecular complexity index is 995. The molecule has 0 bridgehead atoms. The minimum Gasteiger partial charge on any atom is -0.260 e. The van der Waals surface area contributed by atoms with Crippen molar-refractivity contribution in [1.29, 1.82) is 5.26 Å². The van der Waals surface area contributed by atoms with Gasteiger partial charge in [-0.3, -0.25) is 4.99 Å². The molecule has 0 amide bonds. The molecule has 2 aromatic rings. The number of pyridine rings is 1. The summed E-state index contributed by atoms with van der Waals surface area (Å²) in [5, 5.41) is 17.0. The van der Waals surface area contributed by atoms with Crippen molar-refractivity contribution in [3.05, 3.63) is 46.7 Å². The Balaban J connectivity index is 1.54. The third-order valence-electron chi connectivity index (χ3n) is 4.17. The highest BCUT2D eigenvalue weighted by atomic mass is 32.2. The average molecular weight is 411 g/mol. The van der Waals surface area contributed by atoms with E-state index in [2.05, 4.69) is 20.2 Å². The predicted octanol–water partition coefficient (Wildman–Crippen LogP) is 4.29. The van der Waals surface area contributed by atoms with Crippen LogP contribution in [0.4, 0.5) is 17.6 Å². The largest absolute Gasteiger partial charge is 0.433 e. The molecule has 11 heteroatoms. The molecule has 0 aromatic carbocycles. The smallest absolute Gasteiger partial charge is 0.260 e. The van der Waals surface area contributed by atoms with E-state index < -0.39 is 23.4 Å². The first-order valence-corrected chi connectivity index (χ1v) is 9.52. The van der Waals surface area contributed by atoms with Crippen molar-refractivity contribution < 1.29 is 17.6 Å². The molecule has 5 nitrogen and oxygen atoms in total. The first-order chi connectivity index (χ1) is 12.8. The van der Waals surface area contributed by atoms with Gasteiger partial charge in [-0.2, -0.15) is 22.8 Å². The fourth-order valence-electron chi connectivity index (χ4n) is 2.67. The van der Waals surface area contributed by atoms with Gasteiger partial charge in [0.2, 0.25) is 5.95 Å². The minimum absolute atomic E-state index is 0.236. The van der Waals surface area contributed by atoms with E-state index in [1.54, 1.807) is 6.07 Å². The van der Waals surface area contributed by atoms with Crippen molar-refractivity contribution in [3.63, 3.8) is 0 Å². The summed E-state index contributed by atoms with van der Waals surface area (Å²) in [6.07, 6.45) is -3.04. The van der Waals surface area contributed by atoms with Crippen LogP contribution in [-0.2, 0) is 17.5 Å². The number of nitrogens with zero attached hydrogens (tertiary/aromatic N) is 5. The second-order valence-corrected chi connectivity index (χ2v) is 8.20. The standard InChI is InChI=1S/C16H9F4N5S2/c17-12-5-9-13(25-24-12)27-14(23-15(9)3-4-15)26-7-8-1-2-11(16(18,19)20)22-10(8)6-21/h1-2,5H,3-4,7H2. The van der Waals surface area contributed by atoms with Gasteiger partial charge in [-0.05, 0) is 36.2 Å². The molecule has 1 saturated carbocycles. The molecule has 0 saturated heterocycles. The van der Waals surface area contributed by atoms with E-state index in [0.717, 1.165) is 24.5 Å². The summed E-state index contributed by atoms with van der Waals surface area (Å²) in [4.78, 5) is 8.06. The summed E-state index contributed by atoms with van der Waals surface area (Å²) in [7, 11) is 0. The van der Waals surface area contributed by atoms with Gasteiger partial charge in [-0.15, -0.1) is 10.2 Å². The first kappa shape index (κ1) is 18.2. The SMILES string of the molecule is N#Cc1nc(C(F)(F)F)ccc1CSC1=NC2(CC2)c2cc(F)nnc2S1. The average Bonchev–Trinajstić information content (AvgIpc) is 3.39. The van der Waals surface area contributed by atoms with Crippen LogP contribution >= 0.6 is 23.5 Å². The van der Waals surface area contributed by atoms with Crippen molar-refractivity contribution in [2.45, 2.75) is 35.3 Å². The molecule has 0 atom stereocenters. The molecule has 0 unspecified atom stereocenters. The number of aliphatic imine (C=N–C) groups is 1. The summed E-state index contributed by atoms with van der Waals surface area (Å²) in [5.41, 5.74) is -0.726. The van der Waals surface area contributed by atoms with Gasteiger partial charge in [-0.25, -0.2) is 4.98 Å². The molecule has 4 rings (SSSR count). The minimum atomic E-state index is -4.60. The monoisotopic (exact) mass is 411 g/mol. The molecule has 2 aromatic heterocycles. The lowest BCUT2D eigenvalue weighted by Crippen LogP contribution is -2.15. The van der Waals surface area contributed by atoms with Crippen LogP contribution in [-0.4, -0.2) is 19.6 Å². The van der Waals surface area contributed by atoms with E-state index in [9.17, 15) is 17.6 Å². The van der Waals surface area contributed by atoms with Gasteiger partial charge in [0, 0.05) is 17.4 Å². The zero-order valence-electron chi connectivity index (χ0n) is 13.4. The maximum absolute atomic E-state index is 13.4. The lowest BCUT2D eigenvalue weighted by atomic mass is 10.1. The Morgan fingerprint density at radius 1 is 1.26 bits per heavy atom. The summed E-state index contributed by atoms with van der Waals surface area (Å²) in [5.74, 6) is -0.415. The van der Waals surface area contributed by atoms with Crippen molar-refractivity contribution in [2.75, 3.05) is 0 Å². The number of thioether (sulfide) groups is 2. The van der Waals surface area contributed by atoms with Crippen LogP contribution in [0.1, 0.15) is 35.4 Å². The van der Waals surface area contributed by atoms with Crippen molar-refractivity contribution >= 4 is 27.9 Å². The van der Waals surface area contributed by atoms with Crippen LogP contribution in [0.5, 0.6) is 0 Å². The van der Waals surface area contributed by atoms with Gasteiger partial charge < -0.3 is 0 Å². The second-order valence-electron chi connectivity index (χ2n) is 6.00. The van der Waals surface area contributed by atoms with Crippen molar-refractivity contribution in [3.8, 4) is 6.07 Å². The molecule has 138 valence electrons. The van der Waals surface area contributed by atoms with Crippen molar-refractivity contribution in [1.82, 2.24) is 15.2 Å². The number of hydrogen-bond acceptors (Lipinski definition) is 7. The maximum Gasteiger partial charge on any atom is 0.433 e. The molecule has 2 aliphatic rings. The maximum atomic E-state index is 13.4. The number of halogens is 4. The molecular weight excluding hydrogens is 402 g/mol. The molecule has 1 fully saturated rings. The number of hydrogen-bond donors (Lipinski definition) is 0. The molecule has 1 aliphatic heterocycles. The van der Waals surface area contributed by atoms with Gasteiger partial charge in [0.15, 0.2) is 0 Å². The zero-order valence-corrected chi connectivity index (χ0v) is 15.1. The lowest BCUT2D eigenvalue weighted by molar-refractivity contribution is -0.141. The second kappa shape index (κ2) is 6.45. The zero-order chi connectivity index (χ0) is 19.2. The van der Waals surface area contributed by atoms with E-state index in [-0.39, 0.29) is 11.4 Å². The highest BCUT2D eigenvalue weighted by Gasteiger charge is 2.49. The van der Waals surface area contributed by atoms with Crippen LogP contribution in [0.25, 0.3) is 0 Å². The number of fused-ring (bicyclic) bond motifs is 2. The number of rotatable bonds is 2. The molecule has 1 spiro atoms. The molecule has 27 heavy (non-hydrogen) atoms. The van der Waals surface area contributed by atoms with E-state index >= 15 is 0 Å². The normalized spacial score (nSPS) is 17.2. The molecule has 1 aliphatic carbocycles. The summed E-state index contributed by atoms with van der Waals surface area (Å²) < 4.78 is 52.2. The first-order valence-electron chi connectivity index (χ1n) is 7.72. The Kier molecular flexibility index (Phi) is 4.35. The highest BCUT2D eigenvalue weighted by molar-refractivity contribution is 8.38. The van der Waals surface area contributed by atoms with Crippen LogP contribution in [0.15, 0.2) is 28.2 Å². The summed E-state index contributed by atoms with van der Waals surface area (Å²) >= 11 is 2.52. The molecule has 0 N–H and O–H groups in total. The Labute approximate surface area is 159 Å². The van der Waals surface area contributed by atoms with Crippen LogP contribution in [0, 0.1) is 17.3 Å². The number of aromatic nitrogens is 3. The quantitative estimate of drug-likeness (QED) is 0.687. The van der Waals surface area contributed by atoms with E-state index in [4.69, 9.17) is 5.26 Å². The van der Waals surface area contributed by atoms with Gasteiger partial charge in [0.1, 0.15) is 26.9 Å². The summed E-state index contributed by atoms with van der Waals surface area (Å²) in [6.45, 7) is 0. The fourth-order valence-corrected chi connectivity index (χ4v) is 4.89. The van der Waals surface area contributed by atoms with Crippen LogP contribution in [0.2, 0.25) is 0 Å². The number of nitriles is 1. The van der Waals surface area contributed by atoms with Gasteiger partial charge in [0.25, 0.3) is 0 Å².